The monoisotopic (exact) mass is 333 g/mol. The van der Waals surface area contributed by atoms with E-state index in [-0.39, 0.29) is 30.3 Å². The number of amides is 2. The van der Waals surface area contributed by atoms with Gasteiger partial charge in [0.1, 0.15) is 0 Å². The van der Waals surface area contributed by atoms with Gasteiger partial charge < -0.3 is 16.0 Å². The molecule has 5 nitrogen and oxygen atoms in total. The minimum Gasteiger partial charge on any atom is -0.354 e. The number of carbonyl (C=O) groups excluding carboxylic acids is 2. The van der Waals surface area contributed by atoms with Crippen LogP contribution in [0.1, 0.15) is 58.8 Å². The largest absolute Gasteiger partial charge is 0.354 e. The molecule has 2 unspecified atom stereocenters. The lowest BCUT2D eigenvalue weighted by atomic mass is 9.97. The maximum atomic E-state index is 12.5. The molecule has 0 aromatic carbocycles. The Morgan fingerprint density at radius 1 is 1.36 bits per heavy atom. The van der Waals surface area contributed by atoms with Gasteiger partial charge in [-0.15, -0.1) is 12.4 Å². The zero-order valence-electron chi connectivity index (χ0n) is 14.0. The van der Waals surface area contributed by atoms with E-state index in [9.17, 15) is 9.59 Å². The molecule has 0 aromatic rings. The fourth-order valence-corrected chi connectivity index (χ4v) is 3.00. The van der Waals surface area contributed by atoms with Crippen LogP contribution in [0.25, 0.3) is 0 Å². The van der Waals surface area contributed by atoms with Crippen molar-refractivity contribution in [1.29, 1.82) is 0 Å². The molecule has 0 spiro atoms. The Morgan fingerprint density at radius 2 is 2.09 bits per heavy atom. The van der Waals surface area contributed by atoms with Gasteiger partial charge in [0.15, 0.2) is 0 Å². The van der Waals surface area contributed by atoms with Crippen LogP contribution in [0.2, 0.25) is 0 Å². The number of nitrogens with one attached hydrogen (secondary N) is 1. The van der Waals surface area contributed by atoms with Gasteiger partial charge in [-0.2, -0.15) is 0 Å². The minimum atomic E-state index is -0.0187. The molecule has 1 heterocycles. The molecular formula is C16H32ClN3O2. The number of rotatable bonds is 8. The zero-order valence-corrected chi connectivity index (χ0v) is 14.8. The van der Waals surface area contributed by atoms with Crippen LogP contribution in [-0.4, -0.2) is 42.4 Å². The van der Waals surface area contributed by atoms with E-state index in [1.54, 1.807) is 0 Å². The predicted octanol–water partition coefficient (Wildman–Crippen LogP) is 2.08. The number of piperidine rings is 1. The number of hydrogen-bond donors (Lipinski definition) is 2. The van der Waals surface area contributed by atoms with Gasteiger partial charge in [-0.1, -0.05) is 26.7 Å². The average Bonchev–Trinajstić information content (AvgIpc) is 2.46. The van der Waals surface area contributed by atoms with Crippen molar-refractivity contribution in [2.45, 2.75) is 64.8 Å². The van der Waals surface area contributed by atoms with Crippen molar-refractivity contribution >= 4 is 24.2 Å². The van der Waals surface area contributed by atoms with E-state index in [1.165, 1.54) is 0 Å². The van der Waals surface area contributed by atoms with Gasteiger partial charge in [0.2, 0.25) is 11.8 Å². The molecule has 0 aromatic heterocycles. The van der Waals surface area contributed by atoms with Crippen LogP contribution in [-0.2, 0) is 9.59 Å². The number of hydrogen-bond acceptors (Lipinski definition) is 3. The summed E-state index contributed by atoms with van der Waals surface area (Å²) in [7, 11) is 0. The van der Waals surface area contributed by atoms with Crippen molar-refractivity contribution in [2.75, 3.05) is 19.6 Å². The van der Waals surface area contributed by atoms with Crippen LogP contribution in [0.15, 0.2) is 0 Å². The fourth-order valence-electron chi connectivity index (χ4n) is 3.00. The fraction of sp³-hybridized carbons (Fsp3) is 0.875. The lowest BCUT2D eigenvalue weighted by Gasteiger charge is -2.36. The second-order valence-corrected chi connectivity index (χ2v) is 6.18. The molecule has 130 valence electrons. The second-order valence-electron chi connectivity index (χ2n) is 6.18. The first-order valence-electron chi connectivity index (χ1n) is 8.34. The Bertz CT molecular complexity index is 339. The first kappa shape index (κ1) is 21.2. The topological polar surface area (TPSA) is 75.4 Å². The summed E-state index contributed by atoms with van der Waals surface area (Å²) in [5.74, 6) is 0.667. The zero-order chi connectivity index (χ0) is 15.7. The van der Waals surface area contributed by atoms with Crippen LogP contribution in [0.4, 0.5) is 0 Å². The van der Waals surface area contributed by atoms with Gasteiger partial charge in [0.25, 0.3) is 0 Å². The lowest BCUT2D eigenvalue weighted by molar-refractivity contribution is -0.136. The molecule has 22 heavy (non-hydrogen) atoms. The van der Waals surface area contributed by atoms with Crippen molar-refractivity contribution in [2.24, 2.45) is 11.7 Å². The third-order valence-corrected chi connectivity index (χ3v) is 4.16. The van der Waals surface area contributed by atoms with E-state index in [4.69, 9.17) is 5.73 Å². The summed E-state index contributed by atoms with van der Waals surface area (Å²) in [6, 6.07) is 0.154. The third kappa shape index (κ3) is 7.45. The summed E-state index contributed by atoms with van der Waals surface area (Å²) in [6.07, 6.45) is 6.38. The number of halogens is 1. The van der Waals surface area contributed by atoms with Crippen LogP contribution in [0, 0.1) is 5.92 Å². The quantitative estimate of drug-likeness (QED) is 0.714. The van der Waals surface area contributed by atoms with Crippen LogP contribution in [0.3, 0.4) is 0 Å². The Morgan fingerprint density at radius 3 is 2.73 bits per heavy atom. The van der Waals surface area contributed by atoms with E-state index in [0.717, 1.165) is 38.6 Å². The molecule has 2 atom stereocenters. The SMILES string of the molecule is CCCC(C)CC(=O)N1CCCCC1CNC(=O)CCN.Cl. The molecule has 0 aliphatic carbocycles. The Hall–Kier alpha value is -0.810. The van der Waals surface area contributed by atoms with Crippen molar-refractivity contribution in [3.63, 3.8) is 0 Å². The normalized spacial score (nSPS) is 19.2. The average molecular weight is 334 g/mol. The van der Waals surface area contributed by atoms with Crippen LogP contribution < -0.4 is 11.1 Å². The Balaban J connectivity index is 0.00000441. The molecule has 1 aliphatic heterocycles. The van der Waals surface area contributed by atoms with E-state index in [1.807, 2.05) is 4.90 Å². The maximum absolute atomic E-state index is 12.5. The smallest absolute Gasteiger partial charge is 0.223 e. The maximum Gasteiger partial charge on any atom is 0.223 e. The van der Waals surface area contributed by atoms with Crippen molar-refractivity contribution in [3.8, 4) is 0 Å². The van der Waals surface area contributed by atoms with Crippen molar-refractivity contribution in [3.05, 3.63) is 0 Å². The molecule has 1 aliphatic rings. The highest BCUT2D eigenvalue weighted by Gasteiger charge is 2.27. The molecule has 2 amide bonds. The number of nitrogens with zero attached hydrogens (tertiary/aromatic N) is 1. The molecule has 1 saturated heterocycles. The highest BCUT2D eigenvalue weighted by atomic mass is 35.5. The first-order valence-corrected chi connectivity index (χ1v) is 8.34. The number of likely N-dealkylation sites (tertiary alicyclic amines) is 1. The van der Waals surface area contributed by atoms with Gasteiger partial charge in [0.05, 0.1) is 0 Å². The Kier molecular flexibility index (Phi) is 11.3. The van der Waals surface area contributed by atoms with Gasteiger partial charge >= 0.3 is 0 Å². The summed E-state index contributed by atoms with van der Waals surface area (Å²) >= 11 is 0. The third-order valence-electron chi connectivity index (χ3n) is 4.16. The molecule has 1 fully saturated rings. The molecule has 6 heteroatoms. The molecule has 0 radical (unpaired) electrons. The Labute approximate surface area is 140 Å². The molecule has 0 saturated carbocycles. The summed E-state index contributed by atoms with van der Waals surface area (Å²) in [5, 5.41) is 2.90. The highest BCUT2D eigenvalue weighted by molar-refractivity contribution is 5.85. The summed E-state index contributed by atoms with van der Waals surface area (Å²) < 4.78 is 0. The van der Waals surface area contributed by atoms with Crippen LogP contribution in [0.5, 0.6) is 0 Å². The predicted molar refractivity (Wildman–Crippen MR) is 92.0 cm³/mol. The summed E-state index contributed by atoms with van der Waals surface area (Å²) in [5.41, 5.74) is 5.37. The van der Waals surface area contributed by atoms with Gasteiger partial charge in [-0.25, -0.2) is 0 Å². The van der Waals surface area contributed by atoms with E-state index >= 15 is 0 Å². The van der Waals surface area contributed by atoms with E-state index in [0.29, 0.717) is 31.8 Å². The van der Waals surface area contributed by atoms with Crippen molar-refractivity contribution < 1.29 is 9.59 Å². The number of carbonyl (C=O) groups is 2. The minimum absolute atomic E-state index is 0. The van der Waals surface area contributed by atoms with Gasteiger partial charge in [-0.3, -0.25) is 9.59 Å². The van der Waals surface area contributed by atoms with E-state index < -0.39 is 0 Å². The lowest BCUT2D eigenvalue weighted by Crippen LogP contribution is -2.49. The summed E-state index contributed by atoms with van der Waals surface area (Å²) in [6.45, 7) is 6.05. The van der Waals surface area contributed by atoms with Gasteiger partial charge in [0, 0.05) is 38.5 Å². The molecule has 0 bridgehead atoms. The first-order chi connectivity index (χ1) is 10.1. The highest BCUT2D eigenvalue weighted by Crippen LogP contribution is 2.20. The molecular weight excluding hydrogens is 302 g/mol. The second kappa shape index (κ2) is 11.7. The molecule has 3 N–H and O–H groups in total. The van der Waals surface area contributed by atoms with Crippen LogP contribution >= 0.6 is 12.4 Å². The summed E-state index contributed by atoms with van der Waals surface area (Å²) in [4.78, 5) is 26.0. The molecule has 1 rings (SSSR count). The van der Waals surface area contributed by atoms with Crippen molar-refractivity contribution in [1.82, 2.24) is 10.2 Å². The van der Waals surface area contributed by atoms with E-state index in [2.05, 4.69) is 19.2 Å². The van der Waals surface area contributed by atoms with Gasteiger partial charge in [-0.05, 0) is 25.2 Å². The standard InChI is InChI=1S/C16H31N3O2.ClH/c1-3-6-13(2)11-16(21)19-10-5-4-7-14(19)12-18-15(20)8-9-17;/h13-14H,3-12,17H2,1-2H3,(H,18,20);1H. The number of nitrogens with two attached hydrogens (primary N) is 1.